The van der Waals surface area contributed by atoms with E-state index in [-0.39, 0.29) is 17.8 Å². The molecule has 3 rings (SSSR count). The minimum absolute atomic E-state index is 0.0888. The molecule has 1 aromatic carbocycles. The first-order valence-electron chi connectivity index (χ1n) is 7.66. The van der Waals surface area contributed by atoms with Gasteiger partial charge in [-0.2, -0.15) is 0 Å². The molecule has 2 nitrogen and oxygen atoms in total. The van der Waals surface area contributed by atoms with Crippen LogP contribution < -0.4 is 0 Å². The Morgan fingerprint density at radius 3 is 2.65 bits per heavy atom. The van der Waals surface area contributed by atoms with Gasteiger partial charge in [-0.15, -0.1) is 0 Å². The standard InChI is InChI=1S/C17H22FNO/c1-11-3-4-12(2)19(10-11)17(20)15-8-7-14(18)9-16(15)13-5-6-13/h7-9,11-13H,3-6,10H2,1-2H3/t11-,12-/m1/s1. The van der Waals surface area contributed by atoms with Crippen molar-refractivity contribution in [3.8, 4) is 0 Å². The number of halogens is 1. The summed E-state index contributed by atoms with van der Waals surface area (Å²) in [5.74, 6) is 0.802. The predicted octanol–water partition coefficient (Wildman–Crippen LogP) is 3.96. The summed E-state index contributed by atoms with van der Waals surface area (Å²) in [7, 11) is 0. The molecule has 0 unspecified atom stereocenters. The normalized spacial score (nSPS) is 26.6. The summed E-state index contributed by atoms with van der Waals surface area (Å²) in [5, 5.41) is 0. The second-order valence-corrected chi connectivity index (χ2v) is 6.49. The Balaban J connectivity index is 1.89. The highest BCUT2D eigenvalue weighted by Crippen LogP contribution is 2.42. The van der Waals surface area contributed by atoms with Crippen LogP contribution in [-0.4, -0.2) is 23.4 Å². The fourth-order valence-corrected chi connectivity index (χ4v) is 3.19. The van der Waals surface area contributed by atoms with Crippen LogP contribution in [0.4, 0.5) is 4.39 Å². The van der Waals surface area contributed by atoms with E-state index in [4.69, 9.17) is 0 Å². The third-order valence-electron chi connectivity index (χ3n) is 4.64. The Morgan fingerprint density at radius 2 is 1.95 bits per heavy atom. The Kier molecular flexibility index (Phi) is 3.53. The molecule has 0 radical (unpaired) electrons. The van der Waals surface area contributed by atoms with Gasteiger partial charge in [-0.05, 0) is 68.2 Å². The molecule has 20 heavy (non-hydrogen) atoms. The van der Waals surface area contributed by atoms with Gasteiger partial charge in [0.05, 0.1) is 0 Å². The second-order valence-electron chi connectivity index (χ2n) is 6.49. The van der Waals surface area contributed by atoms with E-state index in [0.717, 1.165) is 36.9 Å². The van der Waals surface area contributed by atoms with Gasteiger partial charge in [0.15, 0.2) is 0 Å². The van der Waals surface area contributed by atoms with E-state index in [9.17, 15) is 9.18 Å². The first-order chi connectivity index (χ1) is 9.56. The van der Waals surface area contributed by atoms with E-state index < -0.39 is 0 Å². The lowest BCUT2D eigenvalue weighted by atomic mass is 9.93. The summed E-state index contributed by atoms with van der Waals surface area (Å²) >= 11 is 0. The van der Waals surface area contributed by atoms with E-state index in [1.165, 1.54) is 12.5 Å². The lowest BCUT2D eigenvalue weighted by Gasteiger charge is -2.37. The largest absolute Gasteiger partial charge is 0.336 e. The molecule has 2 aliphatic rings. The molecule has 3 heteroatoms. The van der Waals surface area contributed by atoms with Crippen LogP contribution in [0.1, 0.15) is 61.4 Å². The van der Waals surface area contributed by atoms with Crippen LogP contribution in [0.5, 0.6) is 0 Å². The number of carbonyl (C=O) groups is 1. The van der Waals surface area contributed by atoms with E-state index >= 15 is 0 Å². The van der Waals surface area contributed by atoms with Gasteiger partial charge in [-0.1, -0.05) is 6.92 Å². The van der Waals surface area contributed by atoms with Gasteiger partial charge in [-0.25, -0.2) is 4.39 Å². The maximum Gasteiger partial charge on any atom is 0.254 e. The highest BCUT2D eigenvalue weighted by Gasteiger charge is 2.33. The second kappa shape index (κ2) is 5.19. The number of benzene rings is 1. The van der Waals surface area contributed by atoms with Crippen LogP contribution in [0.15, 0.2) is 18.2 Å². The van der Waals surface area contributed by atoms with E-state index in [2.05, 4.69) is 13.8 Å². The average Bonchev–Trinajstić information content (AvgIpc) is 3.25. The summed E-state index contributed by atoms with van der Waals surface area (Å²) in [5.41, 5.74) is 1.63. The third-order valence-corrected chi connectivity index (χ3v) is 4.64. The van der Waals surface area contributed by atoms with Crippen LogP contribution in [0.2, 0.25) is 0 Å². The highest BCUT2D eigenvalue weighted by atomic mass is 19.1. The van der Waals surface area contributed by atoms with Gasteiger partial charge in [0.2, 0.25) is 0 Å². The molecule has 2 fully saturated rings. The molecule has 1 aromatic rings. The molecule has 0 N–H and O–H groups in total. The first-order valence-corrected chi connectivity index (χ1v) is 7.66. The zero-order chi connectivity index (χ0) is 14.3. The van der Waals surface area contributed by atoms with Gasteiger partial charge < -0.3 is 4.90 Å². The zero-order valence-electron chi connectivity index (χ0n) is 12.2. The van der Waals surface area contributed by atoms with Gasteiger partial charge in [-0.3, -0.25) is 4.79 Å². The Labute approximate surface area is 120 Å². The number of amides is 1. The average molecular weight is 275 g/mol. The van der Waals surface area contributed by atoms with Crippen molar-refractivity contribution >= 4 is 5.91 Å². The molecule has 1 aliphatic heterocycles. The lowest BCUT2D eigenvalue weighted by molar-refractivity contribution is 0.0573. The van der Waals surface area contributed by atoms with Crippen molar-refractivity contribution in [2.45, 2.75) is 51.5 Å². The maximum atomic E-state index is 13.5. The summed E-state index contributed by atoms with van der Waals surface area (Å²) in [6.45, 7) is 5.13. The number of hydrogen-bond donors (Lipinski definition) is 0. The molecule has 1 amide bonds. The maximum absolute atomic E-state index is 13.5. The van der Waals surface area contributed by atoms with Crippen LogP contribution in [0.25, 0.3) is 0 Å². The first kappa shape index (κ1) is 13.6. The molecule has 0 spiro atoms. The number of piperidine rings is 1. The van der Waals surface area contributed by atoms with Gasteiger partial charge in [0, 0.05) is 18.2 Å². The van der Waals surface area contributed by atoms with Crippen molar-refractivity contribution in [3.05, 3.63) is 35.1 Å². The molecule has 1 heterocycles. The summed E-state index contributed by atoms with van der Waals surface area (Å²) in [6, 6.07) is 4.94. The van der Waals surface area contributed by atoms with Crippen LogP contribution in [0.3, 0.4) is 0 Å². The van der Waals surface area contributed by atoms with Crippen LogP contribution in [0, 0.1) is 11.7 Å². The van der Waals surface area contributed by atoms with E-state index in [0.29, 0.717) is 11.8 Å². The minimum atomic E-state index is -0.233. The zero-order valence-corrected chi connectivity index (χ0v) is 12.2. The SMILES string of the molecule is C[C@@H]1CC[C@@H](C)N(C(=O)c2ccc(F)cc2C2CC2)C1. The number of carbonyl (C=O) groups excluding carboxylic acids is 1. The summed E-state index contributed by atoms with van der Waals surface area (Å²) in [6.07, 6.45) is 4.40. The van der Waals surface area contributed by atoms with Crippen molar-refractivity contribution in [1.29, 1.82) is 0 Å². The summed E-state index contributed by atoms with van der Waals surface area (Å²) in [4.78, 5) is 14.8. The Bertz CT molecular complexity index is 524. The summed E-state index contributed by atoms with van der Waals surface area (Å²) < 4.78 is 13.5. The quantitative estimate of drug-likeness (QED) is 0.800. The smallest absolute Gasteiger partial charge is 0.254 e. The molecular formula is C17H22FNO. The lowest BCUT2D eigenvalue weighted by Crippen LogP contribution is -2.45. The topological polar surface area (TPSA) is 20.3 Å². The molecule has 1 saturated heterocycles. The van der Waals surface area contributed by atoms with E-state index in [1.807, 2.05) is 4.90 Å². The molecule has 0 bridgehead atoms. The van der Waals surface area contributed by atoms with Crippen molar-refractivity contribution in [1.82, 2.24) is 4.90 Å². The minimum Gasteiger partial charge on any atom is -0.336 e. The van der Waals surface area contributed by atoms with Gasteiger partial charge >= 0.3 is 0 Å². The van der Waals surface area contributed by atoms with Gasteiger partial charge in [0.25, 0.3) is 5.91 Å². The fraction of sp³-hybridized carbons (Fsp3) is 0.588. The molecule has 0 aromatic heterocycles. The monoisotopic (exact) mass is 275 g/mol. The number of rotatable bonds is 2. The van der Waals surface area contributed by atoms with Crippen LogP contribution >= 0.6 is 0 Å². The molecule has 1 aliphatic carbocycles. The van der Waals surface area contributed by atoms with Crippen LogP contribution in [-0.2, 0) is 0 Å². The predicted molar refractivity (Wildman–Crippen MR) is 77.3 cm³/mol. The van der Waals surface area contributed by atoms with Crippen molar-refractivity contribution in [2.24, 2.45) is 5.92 Å². The fourth-order valence-electron chi connectivity index (χ4n) is 3.19. The number of nitrogens with zero attached hydrogens (tertiary/aromatic N) is 1. The van der Waals surface area contributed by atoms with Crippen molar-refractivity contribution in [2.75, 3.05) is 6.54 Å². The Hall–Kier alpha value is -1.38. The molecule has 1 saturated carbocycles. The van der Waals surface area contributed by atoms with Crippen molar-refractivity contribution in [3.63, 3.8) is 0 Å². The number of likely N-dealkylation sites (tertiary alicyclic amines) is 1. The van der Waals surface area contributed by atoms with Crippen molar-refractivity contribution < 1.29 is 9.18 Å². The Morgan fingerprint density at radius 1 is 1.20 bits per heavy atom. The molecule has 2 atom stereocenters. The number of hydrogen-bond acceptors (Lipinski definition) is 1. The van der Waals surface area contributed by atoms with E-state index in [1.54, 1.807) is 12.1 Å². The third kappa shape index (κ3) is 2.58. The van der Waals surface area contributed by atoms with Gasteiger partial charge in [0.1, 0.15) is 5.82 Å². The highest BCUT2D eigenvalue weighted by molar-refractivity contribution is 5.96. The molecular weight excluding hydrogens is 253 g/mol. The molecule has 108 valence electrons.